The predicted molar refractivity (Wildman–Crippen MR) is 90.0 cm³/mol. The summed E-state index contributed by atoms with van der Waals surface area (Å²) in [5.74, 6) is 0. The Balaban J connectivity index is 1.82. The fourth-order valence-corrected chi connectivity index (χ4v) is 2.81. The minimum Gasteiger partial charge on any atom is -0.392 e. The maximum Gasteiger partial charge on any atom is 0.0670 e. The maximum atomic E-state index is 9.98. The average molecular weight is 288 g/mol. The second-order valence-electron chi connectivity index (χ2n) is 6.08. The maximum absolute atomic E-state index is 9.98. The highest BCUT2D eigenvalue weighted by Crippen LogP contribution is 2.20. The number of hydrogen-bond donors (Lipinski definition) is 1. The number of aliphatic hydroxyl groups excluding tert-OH is 1. The number of aliphatic hydroxyl groups is 1. The van der Waals surface area contributed by atoms with E-state index in [4.69, 9.17) is 0 Å². The molecule has 1 heterocycles. The van der Waals surface area contributed by atoms with Crippen LogP contribution in [0.4, 0.5) is 5.69 Å². The first-order valence-corrected chi connectivity index (χ1v) is 7.93. The molecule has 1 N–H and O–H groups in total. The summed E-state index contributed by atoms with van der Waals surface area (Å²) in [4.78, 5) is 4.81. The van der Waals surface area contributed by atoms with Gasteiger partial charge in [-0.2, -0.15) is 0 Å². The lowest BCUT2D eigenvalue weighted by Gasteiger charge is -2.37. The molecule has 1 unspecified atom stereocenters. The van der Waals surface area contributed by atoms with Crippen LogP contribution in [-0.2, 0) is 0 Å². The van der Waals surface area contributed by atoms with Gasteiger partial charge in [0, 0.05) is 38.4 Å². The van der Waals surface area contributed by atoms with E-state index < -0.39 is 0 Å². The van der Waals surface area contributed by atoms with Crippen molar-refractivity contribution in [3.05, 3.63) is 42.0 Å². The normalized spacial score (nSPS) is 17.8. The number of rotatable bonds is 6. The Morgan fingerprint density at radius 3 is 2.52 bits per heavy atom. The van der Waals surface area contributed by atoms with Crippen LogP contribution in [-0.4, -0.2) is 48.8 Å². The van der Waals surface area contributed by atoms with Gasteiger partial charge >= 0.3 is 0 Å². The molecule has 21 heavy (non-hydrogen) atoms. The molecule has 0 saturated carbocycles. The molecule has 0 bridgehead atoms. The molecular formula is C18H28N2O. The summed E-state index contributed by atoms with van der Waals surface area (Å²) in [6.45, 7) is 12.9. The SMILES string of the molecule is C=CCCC(O)CN1CCN(c2ccc(C)c(C)c2)CC1. The van der Waals surface area contributed by atoms with Crippen molar-refractivity contribution in [1.82, 2.24) is 4.90 Å². The third-order valence-corrected chi connectivity index (χ3v) is 4.40. The molecule has 2 rings (SSSR count). The van der Waals surface area contributed by atoms with E-state index in [1.807, 2.05) is 6.08 Å². The Bertz CT molecular complexity index is 464. The van der Waals surface area contributed by atoms with Crippen LogP contribution in [0.25, 0.3) is 0 Å². The average Bonchev–Trinajstić information content (AvgIpc) is 2.49. The van der Waals surface area contributed by atoms with E-state index in [0.717, 1.165) is 45.6 Å². The standard InChI is InChI=1S/C18H28N2O/c1-4-5-6-18(21)14-19-9-11-20(12-10-19)17-8-7-15(2)16(3)13-17/h4,7-8,13,18,21H,1,5-6,9-12,14H2,2-3H3. The van der Waals surface area contributed by atoms with Gasteiger partial charge in [0.1, 0.15) is 0 Å². The van der Waals surface area contributed by atoms with Crippen LogP contribution in [0.5, 0.6) is 0 Å². The molecule has 0 aliphatic carbocycles. The van der Waals surface area contributed by atoms with Crippen molar-refractivity contribution in [1.29, 1.82) is 0 Å². The zero-order valence-electron chi connectivity index (χ0n) is 13.4. The largest absolute Gasteiger partial charge is 0.392 e. The van der Waals surface area contributed by atoms with E-state index in [9.17, 15) is 5.11 Å². The second kappa shape index (κ2) is 7.62. The number of aryl methyl sites for hydroxylation is 2. The smallest absolute Gasteiger partial charge is 0.0670 e. The first-order valence-electron chi connectivity index (χ1n) is 7.93. The molecule has 0 amide bonds. The number of β-amino-alcohol motifs (C(OH)–C–C–N with tert-alkyl or cyclic N) is 1. The molecule has 1 fully saturated rings. The van der Waals surface area contributed by atoms with E-state index in [1.165, 1.54) is 16.8 Å². The van der Waals surface area contributed by atoms with E-state index in [-0.39, 0.29) is 6.10 Å². The molecule has 1 aliphatic heterocycles. The monoisotopic (exact) mass is 288 g/mol. The van der Waals surface area contributed by atoms with Crippen LogP contribution >= 0.6 is 0 Å². The molecule has 0 spiro atoms. The highest BCUT2D eigenvalue weighted by Gasteiger charge is 2.19. The zero-order valence-corrected chi connectivity index (χ0v) is 13.4. The van der Waals surface area contributed by atoms with Crippen LogP contribution < -0.4 is 4.90 Å². The van der Waals surface area contributed by atoms with Gasteiger partial charge in [-0.25, -0.2) is 0 Å². The summed E-state index contributed by atoms with van der Waals surface area (Å²) >= 11 is 0. The molecule has 1 saturated heterocycles. The summed E-state index contributed by atoms with van der Waals surface area (Å²) in [6, 6.07) is 6.71. The highest BCUT2D eigenvalue weighted by atomic mass is 16.3. The van der Waals surface area contributed by atoms with Crippen LogP contribution in [0.3, 0.4) is 0 Å². The fourth-order valence-electron chi connectivity index (χ4n) is 2.81. The lowest BCUT2D eigenvalue weighted by atomic mass is 10.1. The van der Waals surface area contributed by atoms with Gasteiger partial charge in [-0.1, -0.05) is 12.1 Å². The molecule has 1 aromatic carbocycles. The third kappa shape index (κ3) is 4.58. The minimum atomic E-state index is -0.226. The van der Waals surface area contributed by atoms with Crippen molar-refractivity contribution >= 4 is 5.69 Å². The Kier molecular flexibility index (Phi) is 5.83. The van der Waals surface area contributed by atoms with Gasteiger partial charge in [0.15, 0.2) is 0 Å². The lowest BCUT2D eigenvalue weighted by Crippen LogP contribution is -2.48. The summed E-state index contributed by atoms with van der Waals surface area (Å²) in [5.41, 5.74) is 4.03. The van der Waals surface area contributed by atoms with Crippen LogP contribution in [0.2, 0.25) is 0 Å². The van der Waals surface area contributed by atoms with Crippen molar-refractivity contribution in [3.63, 3.8) is 0 Å². The minimum absolute atomic E-state index is 0.226. The van der Waals surface area contributed by atoms with Crippen molar-refractivity contribution in [2.24, 2.45) is 0 Å². The van der Waals surface area contributed by atoms with Crippen LogP contribution in [0.1, 0.15) is 24.0 Å². The topological polar surface area (TPSA) is 26.7 Å². The Morgan fingerprint density at radius 2 is 1.90 bits per heavy atom. The van der Waals surface area contributed by atoms with Gasteiger partial charge in [-0.3, -0.25) is 4.90 Å². The Morgan fingerprint density at radius 1 is 1.19 bits per heavy atom. The first-order chi connectivity index (χ1) is 10.1. The summed E-state index contributed by atoms with van der Waals surface area (Å²) in [7, 11) is 0. The van der Waals surface area contributed by atoms with Gasteiger partial charge in [0.05, 0.1) is 6.10 Å². The highest BCUT2D eigenvalue weighted by molar-refractivity contribution is 5.51. The van der Waals surface area contributed by atoms with Crippen molar-refractivity contribution in [3.8, 4) is 0 Å². The van der Waals surface area contributed by atoms with E-state index in [0.29, 0.717) is 0 Å². The molecule has 116 valence electrons. The second-order valence-corrected chi connectivity index (χ2v) is 6.08. The van der Waals surface area contributed by atoms with Gasteiger partial charge in [0.25, 0.3) is 0 Å². The lowest BCUT2D eigenvalue weighted by molar-refractivity contribution is 0.103. The zero-order chi connectivity index (χ0) is 15.2. The van der Waals surface area contributed by atoms with Crippen molar-refractivity contribution in [2.45, 2.75) is 32.8 Å². The molecular weight excluding hydrogens is 260 g/mol. The van der Waals surface area contributed by atoms with E-state index >= 15 is 0 Å². The fraction of sp³-hybridized carbons (Fsp3) is 0.556. The van der Waals surface area contributed by atoms with Crippen molar-refractivity contribution in [2.75, 3.05) is 37.6 Å². The van der Waals surface area contributed by atoms with Crippen molar-refractivity contribution < 1.29 is 5.11 Å². The molecule has 3 nitrogen and oxygen atoms in total. The molecule has 0 aromatic heterocycles. The first kappa shape index (κ1) is 16.1. The Labute approximate surface area is 128 Å². The van der Waals surface area contributed by atoms with Gasteiger partial charge in [0.2, 0.25) is 0 Å². The summed E-state index contributed by atoms with van der Waals surface area (Å²) < 4.78 is 0. The number of hydrogen-bond acceptors (Lipinski definition) is 3. The van der Waals surface area contributed by atoms with Gasteiger partial charge in [-0.05, 0) is 49.9 Å². The van der Waals surface area contributed by atoms with Gasteiger partial charge < -0.3 is 10.0 Å². The van der Waals surface area contributed by atoms with E-state index in [2.05, 4.69) is 48.4 Å². The van der Waals surface area contributed by atoms with Gasteiger partial charge in [-0.15, -0.1) is 6.58 Å². The van der Waals surface area contributed by atoms with Crippen LogP contribution in [0, 0.1) is 13.8 Å². The third-order valence-electron chi connectivity index (χ3n) is 4.40. The summed E-state index contributed by atoms with van der Waals surface area (Å²) in [5, 5.41) is 9.98. The molecule has 1 aliphatic rings. The molecule has 3 heteroatoms. The number of nitrogens with zero attached hydrogens (tertiary/aromatic N) is 2. The molecule has 0 radical (unpaired) electrons. The number of piperazine rings is 1. The van der Waals surface area contributed by atoms with E-state index in [1.54, 1.807) is 0 Å². The quantitative estimate of drug-likeness (QED) is 0.815. The van der Waals surface area contributed by atoms with Crippen LogP contribution in [0.15, 0.2) is 30.9 Å². The number of allylic oxidation sites excluding steroid dienone is 1. The number of anilines is 1. The molecule has 1 aromatic rings. The number of benzene rings is 1. The summed E-state index contributed by atoms with van der Waals surface area (Å²) in [6.07, 6.45) is 3.36. The molecule has 1 atom stereocenters. The predicted octanol–water partition coefficient (Wildman–Crippen LogP) is 2.75. The Hall–Kier alpha value is -1.32.